The number of urea groups is 1. The van der Waals surface area contributed by atoms with Gasteiger partial charge in [-0.15, -0.1) is 0 Å². The molecule has 0 radical (unpaired) electrons. The summed E-state index contributed by atoms with van der Waals surface area (Å²) in [6, 6.07) is 13.7. The molecule has 0 saturated carbocycles. The third-order valence-corrected chi connectivity index (χ3v) is 5.41. The van der Waals surface area contributed by atoms with Crippen molar-refractivity contribution in [1.29, 1.82) is 0 Å². The van der Waals surface area contributed by atoms with Gasteiger partial charge in [0.1, 0.15) is 5.54 Å². The lowest BCUT2D eigenvalue weighted by Crippen LogP contribution is -2.49. The Labute approximate surface area is 180 Å². The van der Waals surface area contributed by atoms with E-state index in [2.05, 4.69) is 10.7 Å². The van der Waals surface area contributed by atoms with E-state index < -0.39 is 36.0 Å². The molecule has 2 aromatic rings. The fourth-order valence-electron chi connectivity index (χ4n) is 3.47. The van der Waals surface area contributed by atoms with Gasteiger partial charge < -0.3 is 10.1 Å². The van der Waals surface area contributed by atoms with E-state index in [-0.39, 0.29) is 6.42 Å². The maximum Gasteiger partial charge on any atom is 0.344 e. The summed E-state index contributed by atoms with van der Waals surface area (Å²) in [5, 5.41) is 3.30. The molecule has 8 nitrogen and oxygen atoms in total. The van der Waals surface area contributed by atoms with Crippen LogP contribution in [0.2, 0.25) is 0 Å². The van der Waals surface area contributed by atoms with Crippen LogP contribution in [0.5, 0.6) is 0 Å². The Morgan fingerprint density at radius 1 is 1.06 bits per heavy atom. The molecule has 2 aromatic carbocycles. The van der Waals surface area contributed by atoms with Gasteiger partial charge in [0, 0.05) is 0 Å². The summed E-state index contributed by atoms with van der Waals surface area (Å²) in [4.78, 5) is 49.6. The average Bonchev–Trinajstić information content (AvgIpc) is 3.00. The van der Waals surface area contributed by atoms with Crippen LogP contribution >= 0.6 is 0 Å². The lowest BCUT2D eigenvalue weighted by Gasteiger charge is -2.25. The summed E-state index contributed by atoms with van der Waals surface area (Å²) in [6.07, 6.45) is 0.323. The predicted octanol–water partition coefficient (Wildman–Crippen LogP) is 2.28. The standard InChI is InChI=1S/C23H25N3O5/c1-4-23(18-8-6-5-7-9-18)21(29)26(22(30)24-23)25-19(27)14-31-20(28)13-17-11-10-15(2)16(3)12-17/h5-12H,4,13-14H2,1-3H3,(H,24,30)(H,25,27)/t23-/m0/s1. The smallest absolute Gasteiger partial charge is 0.344 e. The van der Waals surface area contributed by atoms with E-state index in [0.29, 0.717) is 17.0 Å². The molecule has 2 N–H and O–H groups in total. The highest BCUT2D eigenvalue weighted by Gasteiger charge is 2.52. The number of nitrogens with zero attached hydrogens (tertiary/aromatic N) is 1. The van der Waals surface area contributed by atoms with Gasteiger partial charge in [0.2, 0.25) is 0 Å². The Hall–Kier alpha value is -3.68. The summed E-state index contributed by atoms with van der Waals surface area (Å²) >= 11 is 0. The van der Waals surface area contributed by atoms with E-state index in [1.165, 1.54) is 0 Å². The first-order valence-corrected chi connectivity index (χ1v) is 10.0. The molecule has 0 aromatic heterocycles. The van der Waals surface area contributed by atoms with Crippen LogP contribution in [-0.4, -0.2) is 35.4 Å². The van der Waals surface area contributed by atoms with Crippen molar-refractivity contribution in [3.63, 3.8) is 0 Å². The van der Waals surface area contributed by atoms with E-state index in [9.17, 15) is 19.2 Å². The highest BCUT2D eigenvalue weighted by Crippen LogP contribution is 2.31. The summed E-state index contributed by atoms with van der Waals surface area (Å²) in [5.41, 5.74) is 4.53. The Balaban J connectivity index is 1.58. The van der Waals surface area contributed by atoms with Crippen LogP contribution in [0.15, 0.2) is 48.5 Å². The second-order valence-corrected chi connectivity index (χ2v) is 7.49. The first-order chi connectivity index (χ1) is 14.8. The first kappa shape index (κ1) is 22.0. The molecule has 162 valence electrons. The molecular formula is C23H25N3O5. The van der Waals surface area contributed by atoms with Crippen molar-refractivity contribution in [3.05, 3.63) is 70.8 Å². The average molecular weight is 423 g/mol. The zero-order chi connectivity index (χ0) is 22.6. The fourth-order valence-corrected chi connectivity index (χ4v) is 3.47. The highest BCUT2D eigenvalue weighted by molar-refractivity contribution is 6.08. The van der Waals surface area contributed by atoms with Crippen LogP contribution in [0.1, 0.15) is 35.6 Å². The molecule has 0 aliphatic carbocycles. The number of amides is 4. The van der Waals surface area contributed by atoms with Gasteiger partial charge in [0.05, 0.1) is 6.42 Å². The number of nitrogens with one attached hydrogen (secondary N) is 2. The molecule has 0 spiro atoms. The molecule has 3 rings (SSSR count). The molecule has 1 saturated heterocycles. The minimum Gasteiger partial charge on any atom is -0.455 e. The van der Waals surface area contributed by atoms with Crippen molar-refractivity contribution >= 4 is 23.8 Å². The summed E-state index contributed by atoms with van der Waals surface area (Å²) in [5.74, 6) is -1.96. The number of benzene rings is 2. The maximum atomic E-state index is 13.0. The van der Waals surface area contributed by atoms with Gasteiger partial charge in [-0.25, -0.2) is 4.79 Å². The van der Waals surface area contributed by atoms with Gasteiger partial charge in [0.15, 0.2) is 6.61 Å². The third kappa shape index (κ3) is 4.58. The summed E-state index contributed by atoms with van der Waals surface area (Å²) < 4.78 is 5.00. The van der Waals surface area contributed by atoms with Crippen molar-refractivity contribution in [3.8, 4) is 0 Å². The molecule has 1 aliphatic heterocycles. The molecule has 4 amide bonds. The van der Waals surface area contributed by atoms with Crippen LogP contribution < -0.4 is 10.7 Å². The number of ether oxygens (including phenoxy) is 1. The van der Waals surface area contributed by atoms with E-state index >= 15 is 0 Å². The van der Waals surface area contributed by atoms with Crippen molar-refractivity contribution in [2.45, 2.75) is 39.2 Å². The maximum absolute atomic E-state index is 13.0. The number of aryl methyl sites for hydroxylation is 2. The molecule has 1 fully saturated rings. The van der Waals surface area contributed by atoms with Crippen LogP contribution in [0.4, 0.5) is 4.79 Å². The third-order valence-electron chi connectivity index (χ3n) is 5.41. The van der Waals surface area contributed by atoms with Gasteiger partial charge in [-0.1, -0.05) is 55.5 Å². The van der Waals surface area contributed by atoms with Gasteiger partial charge in [-0.2, -0.15) is 5.01 Å². The molecule has 1 heterocycles. The number of carbonyl (C=O) groups excluding carboxylic acids is 4. The van der Waals surface area contributed by atoms with Gasteiger partial charge in [0.25, 0.3) is 11.8 Å². The molecule has 1 atom stereocenters. The van der Waals surface area contributed by atoms with Gasteiger partial charge >= 0.3 is 12.0 Å². The number of imide groups is 1. The zero-order valence-electron chi connectivity index (χ0n) is 17.7. The number of rotatable bonds is 7. The number of esters is 1. The largest absolute Gasteiger partial charge is 0.455 e. The number of hydrogen-bond acceptors (Lipinski definition) is 5. The predicted molar refractivity (Wildman–Crippen MR) is 113 cm³/mol. The Morgan fingerprint density at radius 2 is 1.77 bits per heavy atom. The van der Waals surface area contributed by atoms with E-state index in [4.69, 9.17) is 4.74 Å². The van der Waals surface area contributed by atoms with Crippen LogP contribution in [0.25, 0.3) is 0 Å². The fraction of sp³-hybridized carbons (Fsp3) is 0.304. The van der Waals surface area contributed by atoms with Crippen LogP contribution in [0.3, 0.4) is 0 Å². The number of hydrazine groups is 1. The summed E-state index contributed by atoms with van der Waals surface area (Å²) in [6.45, 7) is 5.08. The minimum absolute atomic E-state index is 0.0183. The lowest BCUT2D eigenvalue weighted by atomic mass is 9.87. The summed E-state index contributed by atoms with van der Waals surface area (Å²) in [7, 11) is 0. The van der Waals surface area contributed by atoms with Crippen molar-refractivity contribution in [2.75, 3.05) is 6.61 Å². The zero-order valence-corrected chi connectivity index (χ0v) is 17.7. The second kappa shape index (κ2) is 8.99. The first-order valence-electron chi connectivity index (χ1n) is 10.0. The molecule has 8 heteroatoms. The van der Waals surface area contributed by atoms with E-state index in [0.717, 1.165) is 16.7 Å². The lowest BCUT2D eigenvalue weighted by molar-refractivity contribution is -0.150. The van der Waals surface area contributed by atoms with Crippen molar-refractivity contribution in [2.24, 2.45) is 0 Å². The normalized spacial score (nSPS) is 18.0. The van der Waals surface area contributed by atoms with Crippen molar-refractivity contribution < 1.29 is 23.9 Å². The van der Waals surface area contributed by atoms with E-state index in [1.807, 2.05) is 32.0 Å². The van der Waals surface area contributed by atoms with Crippen LogP contribution in [-0.2, 0) is 31.1 Å². The van der Waals surface area contributed by atoms with Crippen LogP contribution in [0, 0.1) is 13.8 Å². The molecule has 31 heavy (non-hydrogen) atoms. The highest BCUT2D eigenvalue weighted by atomic mass is 16.5. The quantitative estimate of drug-likeness (QED) is 0.525. The number of hydrogen-bond donors (Lipinski definition) is 2. The second-order valence-electron chi connectivity index (χ2n) is 7.49. The van der Waals surface area contributed by atoms with Crippen molar-refractivity contribution in [1.82, 2.24) is 15.8 Å². The molecule has 0 unspecified atom stereocenters. The minimum atomic E-state index is -1.26. The monoisotopic (exact) mass is 423 g/mol. The van der Waals surface area contributed by atoms with Gasteiger partial charge in [-0.05, 0) is 42.5 Å². The van der Waals surface area contributed by atoms with Gasteiger partial charge in [-0.3, -0.25) is 19.8 Å². The Kier molecular flexibility index (Phi) is 6.39. The molecule has 1 aliphatic rings. The number of carbonyl (C=O) groups is 4. The molecule has 0 bridgehead atoms. The molecular weight excluding hydrogens is 398 g/mol. The Morgan fingerprint density at radius 3 is 2.42 bits per heavy atom. The topological polar surface area (TPSA) is 105 Å². The van der Waals surface area contributed by atoms with E-state index in [1.54, 1.807) is 37.3 Å². The Bertz CT molecular complexity index is 1020. The SMILES string of the molecule is CC[C@@]1(c2ccccc2)NC(=O)N(NC(=O)COC(=O)Cc2ccc(C)c(C)c2)C1=O.